The quantitative estimate of drug-likeness (QED) is 0.767. The van der Waals surface area contributed by atoms with Crippen LogP contribution in [0.3, 0.4) is 0 Å². The van der Waals surface area contributed by atoms with Gasteiger partial charge in [-0.2, -0.15) is 0 Å². The van der Waals surface area contributed by atoms with Crippen molar-refractivity contribution in [3.8, 4) is 0 Å². The van der Waals surface area contributed by atoms with Gasteiger partial charge in [-0.3, -0.25) is 0 Å². The monoisotopic (exact) mass is 181 g/mol. The fourth-order valence-electron chi connectivity index (χ4n) is 1.62. The average molecular weight is 181 g/mol. The van der Waals surface area contributed by atoms with Gasteiger partial charge in [0.05, 0.1) is 11.4 Å². The summed E-state index contributed by atoms with van der Waals surface area (Å²) in [5.41, 5.74) is 2.42. The zero-order chi connectivity index (χ0) is 10.0. The molecule has 0 atom stereocenters. The van der Waals surface area contributed by atoms with Gasteiger partial charge in [0, 0.05) is 19.5 Å². The summed E-state index contributed by atoms with van der Waals surface area (Å²) in [4.78, 5) is 4.55. The first-order valence-electron chi connectivity index (χ1n) is 4.74. The van der Waals surface area contributed by atoms with Gasteiger partial charge >= 0.3 is 0 Å². The molecular weight excluding hydrogens is 162 g/mol. The largest absolute Gasteiger partial charge is 0.334 e. The van der Waals surface area contributed by atoms with Gasteiger partial charge in [0.1, 0.15) is 5.82 Å². The molecule has 1 rings (SSSR count). The van der Waals surface area contributed by atoms with Crippen LogP contribution in [0.15, 0.2) is 0 Å². The van der Waals surface area contributed by atoms with Gasteiger partial charge in [0.25, 0.3) is 0 Å². The number of hydrogen-bond acceptors (Lipinski definition) is 2. The number of aromatic nitrogens is 2. The van der Waals surface area contributed by atoms with Gasteiger partial charge in [-0.15, -0.1) is 0 Å². The number of imidazole rings is 1. The van der Waals surface area contributed by atoms with E-state index in [1.54, 1.807) is 0 Å². The topological polar surface area (TPSA) is 29.9 Å². The molecule has 0 unspecified atom stereocenters. The Bertz CT molecular complexity index is 287. The maximum Gasteiger partial charge on any atom is 0.111 e. The van der Waals surface area contributed by atoms with Crippen LogP contribution in [0.4, 0.5) is 0 Å². The number of aryl methyl sites for hydroxylation is 1. The van der Waals surface area contributed by atoms with Crippen molar-refractivity contribution < 1.29 is 0 Å². The smallest absolute Gasteiger partial charge is 0.111 e. The summed E-state index contributed by atoms with van der Waals surface area (Å²) in [5, 5.41) is 3.16. The third-order valence-electron chi connectivity index (χ3n) is 2.31. The van der Waals surface area contributed by atoms with Gasteiger partial charge in [0.2, 0.25) is 0 Å². The second-order valence-electron chi connectivity index (χ2n) is 3.75. The summed E-state index contributed by atoms with van der Waals surface area (Å²) < 4.78 is 2.19. The SMILES string of the molecule is CNCc1c(C)nc(C(C)C)n1C. The molecule has 0 amide bonds. The van der Waals surface area contributed by atoms with Crippen molar-refractivity contribution in [1.82, 2.24) is 14.9 Å². The summed E-state index contributed by atoms with van der Waals surface area (Å²) in [6, 6.07) is 0. The minimum atomic E-state index is 0.495. The number of nitrogens with zero attached hydrogens (tertiary/aromatic N) is 2. The maximum atomic E-state index is 4.55. The minimum Gasteiger partial charge on any atom is -0.334 e. The summed E-state index contributed by atoms with van der Waals surface area (Å²) in [5.74, 6) is 1.66. The Morgan fingerprint density at radius 2 is 2.08 bits per heavy atom. The van der Waals surface area contributed by atoms with Gasteiger partial charge in [0.15, 0.2) is 0 Å². The zero-order valence-electron chi connectivity index (χ0n) is 9.18. The fourth-order valence-corrected chi connectivity index (χ4v) is 1.62. The van der Waals surface area contributed by atoms with Crippen LogP contribution in [-0.2, 0) is 13.6 Å². The fraction of sp³-hybridized carbons (Fsp3) is 0.700. The molecule has 0 bridgehead atoms. The predicted octanol–water partition coefficient (Wildman–Crippen LogP) is 1.57. The standard InChI is InChI=1S/C10H19N3/c1-7(2)10-12-8(3)9(6-11-4)13(10)5/h7,11H,6H2,1-5H3. The van der Waals surface area contributed by atoms with Gasteiger partial charge in [-0.05, 0) is 14.0 Å². The van der Waals surface area contributed by atoms with E-state index in [1.807, 2.05) is 7.05 Å². The molecule has 1 aromatic rings. The molecule has 1 heterocycles. The molecule has 74 valence electrons. The molecule has 0 saturated heterocycles. The Kier molecular flexibility index (Phi) is 3.09. The van der Waals surface area contributed by atoms with Crippen LogP contribution < -0.4 is 5.32 Å². The molecule has 0 saturated carbocycles. The Morgan fingerprint density at radius 3 is 2.46 bits per heavy atom. The van der Waals surface area contributed by atoms with E-state index < -0.39 is 0 Å². The van der Waals surface area contributed by atoms with Crippen molar-refractivity contribution >= 4 is 0 Å². The first kappa shape index (κ1) is 10.3. The van der Waals surface area contributed by atoms with Crippen molar-refractivity contribution in [3.05, 3.63) is 17.2 Å². The Morgan fingerprint density at radius 1 is 1.46 bits per heavy atom. The van der Waals surface area contributed by atoms with Crippen LogP contribution in [-0.4, -0.2) is 16.6 Å². The highest BCUT2D eigenvalue weighted by Gasteiger charge is 2.12. The van der Waals surface area contributed by atoms with Crippen LogP contribution in [0.5, 0.6) is 0 Å². The minimum absolute atomic E-state index is 0.495. The van der Waals surface area contributed by atoms with E-state index in [4.69, 9.17) is 0 Å². The third kappa shape index (κ3) is 1.91. The Hall–Kier alpha value is -0.830. The highest BCUT2D eigenvalue weighted by molar-refractivity contribution is 5.17. The molecule has 0 aliphatic carbocycles. The third-order valence-corrected chi connectivity index (χ3v) is 2.31. The molecule has 0 aromatic carbocycles. The zero-order valence-corrected chi connectivity index (χ0v) is 9.18. The number of hydrogen-bond donors (Lipinski definition) is 1. The van der Waals surface area contributed by atoms with E-state index in [0.29, 0.717) is 5.92 Å². The summed E-state index contributed by atoms with van der Waals surface area (Å²) in [6.45, 7) is 7.30. The summed E-state index contributed by atoms with van der Waals surface area (Å²) in [6.07, 6.45) is 0. The lowest BCUT2D eigenvalue weighted by Crippen LogP contribution is -2.11. The molecule has 1 aromatic heterocycles. The van der Waals surface area contributed by atoms with E-state index in [0.717, 1.165) is 12.2 Å². The molecule has 0 radical (unpaired) electrons. The van der Waals surface area contributed by atoms with Gasteiger partial charge < -0.3 is 9.88 Å². The molecule has 0 aliphatic rings. The van der Waals surface area contributed by atoms with E-state index in [9.17, 15) is 0 Å². The molecule has 0 aliphatic heterocycles. The van der Waals surface area contributed by atoms with E-state index in [2.05, 4.69) is 42.7 Å². The Labute approximate surface area is 80.2 Å². The number of nitrogens with one attached hydrogen (secondary N) is 1. The molecule has 0 spiro atoms. The molecule has 13 heavy (non-hydrogen) atoms. The molecule has 3 nitrogen and oxygen atoms in total. The second kappa shape index (κ2) is 3.92. The lowest BCUT2D eigenvalue weighted by molar-refractivity contribution is 0.667. The van der Waals surface area contributed by atoms with Crippen molar-refractivity contribution in [1.29, 1.82) is 0 Å². The first-order chi connectivity index (χ1) is 6.07. The lowest BCUT2D eigenvalue weighted by Gasteiger charge is -2.07. The molecule has 0 fully saturated rings. The van der Waals surface area contributed by atoms with Crippen molar-refractivity contribution in [2.24, 2.45) is 7.05 Å². The molecule has 3 heteroatoms. The number of rotatable bonds is 3. The van der Waals surface area contributed by atoms with E-state index in [1.165, 1.54) is 11.5 Å². The summed E-state index contributed by atoms with van der Waals surface area (Å²) in [7, 11) is 4.05. The van der Waals surface area contributed by atoms with Crippen LogP contribution in [0.1, 0.15) is 37.0 Å². The van der Waals surface area contributed by atoms with Crippen molar-refractivity contribution in [2.45, 2.75) is 33.2 Å². The van der Waals surface area contributed by atoms with Crippen molar-refractivity contribution in [2.75, 3.05) is 7.05 Å². The van der Waals surface area contributed by atoms with Crippen LogP contribution in [0.25, 0.3) is 0 Å². The second-order valence-corrected chi connectivity index (χ2v) is 3.75. The molecular formula is C10H19N3. The Balaban J connectivity index is 3.07. The van der Waals surface area contributed by atoms with Crippen LogP contribution >= 0.6 is 0 Å². The predicted molar refractivity (Wildman–Crippen MR) is 54.8 cm³/mol. The lowest BCUT2D eigenvalue weighted by atomic mass is 10.2. The van der Waals surface area contributed by atoms with E-state index in [-0.39, 0.29) is 0 Å². The highest BCUT2D eigenvalue weighted by Crippen LogP contribution is 2.16. The average Bonchev–Trinajstić information content (AvgIpc) is 2.32. The van der Waals surface area contributed by atoms with Crippen LogP contribution in [0.2, 0.25) is 0 Å². The van der Waals surface area contributed by atoms with Gasteiger partial charge in [-0.25, -0.2) is 4.98 Å². The first-order valence-corrected chi connectivity index (χ1v) is 4.74. The van der Waals surface area contributed by atoms with Crippen LogP contribution in [0, 0.1) is 6.92 Å². The van der Waals surface area contributed by atoms with Crippen molar-refractivity contribution in [3.63, 3.8) is 0 Å². The highest BCUT2D eigenvalue weighted by atomic mass is 15.1. The normalized spacial score (nSPS) is 11.2. The summed E-state index contributed by atoms with van der Waals surface area (Å²) >= 11 is 0. The van der Waals surface area contributed by atoms with Gasteiger partial charge in [-0.1, -0.05) is 13.8 Å². The molecule has 1 N–H and O–H groups in total. The maximum absolute atomic E-state index is 4.55. The van der Waals surface area contributed by atoms with E-state index >= 15 is 0 Å².